The summed E-state index contributed by atoms with van der Waals surface area (Å²) in [5.41, 5.74) is 0. The van der Waals surface area contributed by atoms with Crippen LogP contribution in [0.25, 0.3) is 0 Å². The van der Waals surface area contributed by atoms with E-state index in [1.807, 2.05) is 18.4 Å². The second kappa shape index (κ2) is 8.53. The second-order valence-corrected chi connectivity index (χ2v) is 2.71. The molecule has 1 aromatic rings. The number of pyridine rings is 1. The van der Waals surface area contributed by atoms with E-state index in [1.54, 1.807) is 12.4 Å². The van der Waals surface area contributed by atoms with Crippen LogP contribution in [0.15, 0.2) is 37.3 Å². The number of nitrogens with zero attached hydrogens (tertiary/aromatic N) is 1. The zero-order valence-corrected chi connectivity index (χ0v) is 8.74. The molecule has 0 fully saturated rings. The van der Waals surface area contributed by atoms with Gasteiger partial charge in [0, 0.05) is 12.4 Å². The van der Waals surface area contributed by atoms with Gasteiger partial charge in [-0.1, -0.05) is 6.07 Å². The maximum absolute atomic E-state index is 3.78. The van der Waals surface area contributed by atoms with Crippen LogP contribution in [-0.2, 0) is 0 Å². The largest absolute Gasteiger partial charge is 0.265 e. The van der Waals surface area contributed by atoms with Crippen LogP contribution in [0.3, 0.4) is 0 Å². The van der Waals surface area contributed by atoms with Crippen molar-refractivity contribution in [3.63, 3.8) is 0 Å². The molecule has 0 amide bonds. The van der Waals surface area contributed by atoms with Crippen molar-refractivity contribution >= 4 is 49.0 Å². The van der Waals surface area contributed by atoms with Crippen LogP contribution in [-0.4, -0.2) is 53.9 Å². The van der Waals surface area contributed by atoms with Crippen LogP contribution < -0.4 is 0 Å². The number of hydrogen-bond acceptors (Lipinski definition) is 1. The first-order valence-electron chi connectivity index (χ1n) is 2.84. The van der Waals surface area contributed by atoms with Crippen molar-refractivity contribution < 1.29 is 0 Å². The normalized spacial score (nSPS) is 6.89. The van der Waals surface area contributed by atoms with E-state index in [0.29, 0.717) is 0 Å². The molecular formula is C7H8KN. The molecule has 0 radical (unpaired) electrons. The second-order valence-electron chi connectivity index (χ2n) is 1.43. The summed E-state index contributed by atoms with van der Waals surface area (Å²) in [5.74, 6) is 0. The molecule has 9 heavy (non-hydrogen) atoms. The number of hydrogen-bond donors (Lipinski definition) is 0. The summed E-state index contributed by atoms with van der Waals surface area (Å²) in [6, 6.07) is 5.72. The average molecular weight is 145 g/mol. The van der Waals surface area contributed by atoms with Crippen molar-refractivity contribution in [1.29, 1.82) is 0 Å². The van der Waals surface area contributed by atoms with E-state index in [1.165, 1.54) is 0 Å². The average Bonchev–Trinajstić information content (AvgIpc) is 1.93. The Labute approximate surface area is 89.8 Å². The molecule has 1 rings (SSSR count). The molecule has 1 nitrogen and oxygen atoms in total. The Morgan fingerprint density at radius 3 is 1.78 bits per heavy atom. The smallest absolute Gasteiger partial charge is 0.0267 e. The molecule has 42 valence electrons. The molecule has 0 saturated carbocycles. The quantitative estimate of drug-likeness (QED) is 0.503. The third kappa shape index (κ3) is 8.53. The molecule has 2 heteroatoms. The summed E-state index contributed by atoms with van der Waals surface area (Å²) >= 11 is 0.868. The Balaban J connectivity index is 0.000000187. The Morgan fingerprint density at radius 1 is 1.22 bits per heavy atom. The van der Waals surface area contributed by atoms with Gasteiger partial charge in [0.2, 0.25) is 0 Å². The van der Waals surface area contributed by atoms with Crippen LogP contribution in [0, 0.1) is 0 Å². The first-order valence-corrected chi connectivity index (χ1v) is 4.64. The topological polar surface area (TPSA) is 12.9 Å². The van der Waals surface area contributed by atoms with Crippen LogP contribution in [0.4, 0.5) is 0 Å². The third-order valence-corrected chi connectivity index (χ3v) is 0.566. The minimum absolute atomic E-state index is 0.868. The van der Waals surface area contributed by atoms with Gasteiger partial charge in [-0.05, 0) is 12.1 Å². The van der Waals surface area contributed by atoms with Gasteiger partial charge in [0.05, 0.1) is 0 Å². The predicted molar refractivity (Wildman–Crippen MR) is 40.2 cm³/mol. The minimum Gasteiger partial charge on any atom is -0.265 e. The summed E-state index contributed by atoms with van der Waals surface area (Å²) in [4.78, 5) is 3.78. The molecule has 0 atom stereocenters. The Bertz CT molecular complexity index is 112. The molecule has 0 N–H and O–H groups in total. The Hall–Kier alpha value is 0.526. The standard InChI is InChI=1S/C5H5N.C2H3.K/c1-2-4-6-5-3-1;1-2;/h1-5H;1H,2H2;. The molecule has 1 aromatic heterocycles. The van der Waals surface area contributed by atoms with Crippen molar-refractivity contribution in [2.24, 2.45) is 0 Å². The summed E-state index contributed by atoms with van der Waals surface area (Å²) in [6.45, 7) is 3.44. The monoisotopic (exact) mass is 145 g/mol. The van der Waals surface area contributed by atoms with E-state index in [9.17, 15) is 0 Å². The van der Waals surface area contributed by atoms with Crippen LogP contribution in [0.5, 0.6) is 0 Å². The predicted octanol–water partition coefficient (Wildman–Crippen LogP) is 1.38. The number of aromatic nitrogens is 1. The molecule has 1 heterocycles. The van der Waals surface area contributed by atoms with Crippen molar-refractivity contribution in [2.45, 2.75) is 0 Å². The van der Waals surface area contributed by atoms with E-state index >= 15 is 0 Å². The van der Waals surface area contributed by atoms with Gasteiger partial charge in [0.25, 0.3) is 0 Å². The van der Waals surface area contributed by atoms with Crippen LogP contribution >= 0.6 is 0 Å². The Kier molecular flexibility index (Phi) is 9.03. The van der Waals surface area contributed by atoms with Gasteiger partial charge < -0.3 is 0 Å². The SMILES string of the molecule is C=[CH][K].c1ccncc1. The molecule has 0 aliphatic rings. The third-order valence-electron chi connectivity index (χ3n) is 0.566. The summed E-state index contributed by atoms with van der Waals surface area (Å²) < 4.78 is 1.94. The summed E-state index contributed by atoms with van der Waals surface area (Å²) in [7, 11) is 0. The van der Waals surface area contributed by atoms with Gasteiger partial charge in [0.1, 0.15) is 0 Å². The van der Waals surface area contributed by atoms with Gasteiger partial charge in [-0.3, -0.25) is 4.98 Å². The van der Waals surface area contributed by atoms with Gasteiger partial charge in [-0.15, -0.1) is 0 Å². The first-order chi connectivity index (χ1) is 4.41. The molecule has 0 aromatic carbocycles. The van der Waals surface area contributed by atoms with Crippen molar-refractivity contribution in [2.75, 3.05) is 0 Å². The summed E-state index contributed by atoms with van der Waals surface area (Å²) in [5, 5.41) is 0. The van der Waals surface area contributed by atoms with E-state index in [4.69, 9.17) is 0 Å². The Morgan fingerprint density at radius 2 is 1.67 bits per heavy atom. The fraction of sp³-hybridized carbons (Fsp3) is 0. The van der Waals surface area contributed by atoms with Gasteiger partial charge >= 0.3 is 55.7 Å². The van der Waals surface area contributed by atoms with E-state index in [0.717, 1.165) is 49.0 Å². The molecule has 0 saturated heterocycles. The van der Waals surface area contributed by atoms with Gasteiger partial charge in [-0.25, -0.2) is 0 Å². The fourth-order valence-corrected chi connectivity index (χ4v) is 0.313. The molecule has 0 spiro atoms. The molecule has 0 bridgehead atoms. The molecule has 0 aliphatic carbocycles. The molecule has 0 unspecified atom stereocenters. The van der Waals surface area contributed by atoms with Crippen molar-refractivity contribution in [3.8, 4) is 0 Å². The van der Waals surface area contributed by atoms with Gasteiger partial charge in [-0.2, -0.15) is 0 Å². The maximum Gasteiger partial charge on any atom is 0.0267 e. The zero-order valence-electron chi connectivity index (χ0n) is 5.62. The van der Waals surface area contributed by atoms with Crippen LogP contribution in [0.2, 0.25) is 0 Å². The van der Waals surface area contributed by atoms with Gasteiger partial charge in [0.15, 0.2) is 0 Å². The van der Waals surface area contributed by atoms with Crippen molar-refractivity contribution in [1.82, 2.24) is 4.98 Å². The van der Waals surface area contributed by atoms with E-state index < -0.39 is 0 Å². The minimum atomic E-state index is 0.868. The summed E-state index contributed by atoms with van der Waals surface area (Å²) in [6.07, 6.45) is 3.50. The van der Waals surface area contributed by atoms with Crippen LogP contribution in [0.1, 0.15) is 0 Å². The fourth-order valence-electron chi connectivity index (χ4n) is 0.313. The molecular weight excluding hydrogens is 137 g/mol. The van der Waals surface area contributed by atoms with E-state index in [-0.39, 0.29) is 0 Å². The molecule has 0 aliphatic heterocycles. The van der Waals surface area contributed by atoms with E-state index in [2.05, 4.69) is 11.6 Å². The number of rotatable bonds is 0. The van der Waals surface area contributed by atoms with Crippen molar-refractivity contribution in [3.05, 3.63) is 37.3 Å². The first kappa shape index (κ1) is 9.53. The zero-order chi connectivity index (χ0) is 6.95. The maximum atomic E-state index is 3.78.